The van der Waals surface area contributed by atoms with E-state index in [1.54, 1.807) is 29.7 Å². The highest BCUT2D eigenvalue weighted by Crippen LogP contribution is 2.26. The highest BCUT2D eigenvalue weighted by atomic mass is 79.9. The summed E-state index contributed by atoms with van der Waals surface area (Å²) < 4.78 is 2.40. The fourth-order valence-corrected chi connectivity index (χ4v) is 3.11. The van der Waals surface area contributed by atoms with E-state index in [1.165, 1.54) is 4.90 Å². The molecule has 1 aliphatic rings. The molecule has 1 aromatic carbocycles. The number of rotatable bonds is 2. The van der Waals surface area contributed by atoms with Gasteiger partial charge in [-0.2, -0.15) is 0 Å². The van der Waals surface area contributed by atoms with Gasteiger partial charge in [0.2, 0.25) is 0 Å². The molecule has 0 saturated heterocycles. The number of amides is 1. The zero-order chi connectivity index (χ0) is 16.7. The van der Waals surface area contributed by atoms with Crippen molar-refractivity contribution in [3.63, 3.8) is 0 Å². The molecule has 0 spiro atoms. The van der Waals surface area contributed by atoms with Crippen molar-refractivity contribution < 1.29 is 14.7 Å². The molecule has 1 aromatic heterocycles. The number of carboxylic acid groups (broad SMARTS) is 1. The van der Waals surface area contributed by atoms with E-state index in [2.05, 4.69) is 26.1 Å². The second kappa shape index (κ2) is 5.93. The van der Waals surface area contributed by atoms with Crippen LogP contribution in [0.5, 0.6) is 0 Å². The number of halogens is 2. The van der Waals surface area contributed by atoms with Gasteiger partial charge in [0.25, 0.3) is 5.91 Å². The molecule has 3 rings (SSSR count). The van der Waals surface area contributed by atoms with E-state index < -0.39 is 17.9 Å². The van der Waals surface area contributed by atoms with Crippen molar-refractivity contribution in [3.05, 3.63) is 44.9 Å². The summed E-state index contributed by atoms with van der Waals surface area (Å²) in [5.74, 6) is -0.350. The predicted molar refractivity (Wildman–Crippen MR) is 85.2 cm³/mol. The van der Waals surface area contributed by atoms with E-state index in [4.69, 9.17) is 11.6 Å². The maximum atomic E-state index is 12.8. The van der Waals surface area contributed by atoms with Gasteiger partial charge < -0.3 is 14.6 Å². The Labute approximate surface area is 145 Å². The molecule has 7 nitrogen and oxygen atoms in total. The van der Waals surface area contributed by atoms with Gasteiger partial charge in [-0.1, -0.05) is 27.5 Å². The summed E-state index contributed by atoms with van der Waals surface area (Å²) in [6, 6.07) is 3.88. The zero-order valence-electron chi connectivity index (χ0n) is 12.0. The third-order valence-electron chi connectivity index (χ3n) is 3.76. The predicted octanol–water partition coefficient (Wildman–Crippen LogP) is 2.11. The molecule has 1 atom stereocenters. The number of hydrogen-bond acceptors (Lipinski definition) is 4. The number of benzene rings is 1. The van der Waals surface area contributed by atoms with E-state index >= 15 is 0 Å². The number of carbonyl (C=O) groups is 2. The van der Waals surface area contributed by atoms with Gasteiger partial charge in [0.05, 0.1) is 23.7 Å². The van der Waals surface area contributed by atoms with E-state index in [-0.39, 0.29) is 23.7 Å². The van der Waals surface area contributed by atoms with E-state index in [0.29, 0.717) is 16.1 Å². The summed E-state index contributed by atoms with van der Waals surface area (Å²) in [5.41, 5.74) is 0.247. The molecule has 0 aliphatic carbocycles. The van der Waals surface area contributed by atoms with Gasteiger partial charge in [0.1, 0.15) is 11.9 Å². The molecule has 1 unspecified atom stereocenters. The van der Waals surface area contributed by atoms with Gasteiger partial charge in [-0.3, -0.25) is 4.79 Å². The van der Waals surface area contributed by atoms with Crippen molar-refractivity contribution in [3.8, 4) is 0 Å². The third-order valence-corrected chi connectivity index (χ3v) is 4.58. The SMILES string of the molecule is Cc1nnc2n1CC(C(=O)O)N(C(=O)c1cc(Br)ccc1Cl)C2. The van der Waals surface area contributed by atoms with Crippen LogP contribution in [-0.2, 0) is 17.9 Å². The maximum Gasteiger partial charge on any atom is 0.328 e. The van der Waals surface area contributed by atoms with Crippen LogP contribution in [0.15, 0.2) is 22.7 Å². The van der Waals surface area contributed by atoms with Crippen molar-refractivity contribution in [1.82, 2.24) is 19.7 Å². The van der Waals surface area contributed by atoms with Crippen LogP contribution in [0.3, 0.4) is 0 Å². The van der Waals surface area contributed by atoms with Crippen LogP contribution in [0.4, 0.5) is 0 Å². The average molecular weight is 400 g/mol. The molecule has 0 fully saturated rings. The normalized spacial score (nSPS) is 17.0. The minimum atomic E-state index is -1.08. The molecule has 120 valence electrons. The monoisotopic (exact) mass is 398 g/mol. The number of nitrogens with zero attached hydrogens (tertiary/aromatic N) is 4. The highest BCUT2D eigenvalue weighted by molar-refractivity contribution is 9.10. The summed E-state index contributed by atoms with van der Waals surface area (Å²) in [6.45, 7) is 1.93. The molecular formula is C14H12BrClN4O3. The summed E-state index contributed by atoms with van der Waals surface area (Å²) in [5, 5.41) is 17.7. The van der Waals surface area contributed by atoms with Crippen LogP contribution in [0.1, 0.15) is 22.0 Å². The lowest BCUT2D eigenvalue weighted by Gasteiger charge is -2.33. The Kier molecular flexibility index (Phi) is 4.11. The molecule has 0 bridgehead atoms. The van der Waals surface area contributed by atoms with Crippen molar-refractivity contribution in [2.75, 3.05) is 0 Å². The fraction of sp³-hybridized carbons (Fsp3) is 0.286. The number of fused-ring (bicyclic) bond motifs is 1. The number of aliphatic carboxylic acids is 1. The topological polar surface area (TPSA) is 88.3 Å². The molecule has 2 aromatic rings. The lowest BCUT2D eigenvalue weighted by atomic mass is 10.1. The van der Waals surface area contributed by atoms with E-state index in [9.17, 15) is 14.7 Å². The Hall–Kier alpha value is -1.93. The molecule has 9 heteroatoms. The zero-order valence-corrected chi connectivity index (χ0v) is 14.4. The number of hydrogen-bond donors (Lipinski definition) is 1. The van der Waals surface area contributed by atoms with Crippen LogP contribution < -0.4 is 0 Å². The quantitative estimate of drug-likeness (QED) is 0.835. The van der Waals surface area contributed by atoms with Gasteiger partial charge in [-0.05, 0) is 25.1 Å². The summed E-state index contributed by atoms with van der Waals surface area (Å²) in [7, 11) is 0. The van der Waals surface area contributed by atoms with Gasteiger partial charge in [-0.15, -0.1) is 10.2 Å². The highest BCUT2D eigenvalue weighted by Gasteiger charge is 2.37. The summed E-state index contributed by atoms with van der Waals surface area (Å²) in [6.07, 6.45) is 0. The van der Waals surface area contributed by atoms with Crippen molar-refractivity contribution >= 4 is 39.4 Å². The fourth-order valence-electron chi connectivity index (χ4n) is 2.55. The van der Waals surface area contributed by atoms with Gasteiger partial charge in [0.15, 0.2) is 5.82 Å². The first-order valence-electron chi connectivity index (χ1n) is 6.76. The Morgan fingerprint density at radius 1 is 1.39 bits per heavy atom. The first kappa shape index (κ1) is 15.9. The number of carbonyl (C=O) groups excluding carboxylic acids is 1. The van der Waals surface area contributed by atoms with Gasteiger partial charge in [0, 0.05) is 4.47 Å². The smallest absolute Gasteiger partial charge is 0.328 e. The summed E-state index contributed by atoms with van der Waals surface area (Å²) >= 11 is 9.38. The van der Waals surface area contributed by atoms with Gasteiger partial charge >= 0.3 is 5.97 Å². The Morgan fingerprint density at radius 2 is 2.13 bits per heavy atom. The lowest BCUT2D eigenvalue weighted by Crippen LogP contribution is -2.50. The molecule has 0 saturated carbocycles. The van der Waals surface area contributed by atoms with Crippen LogP contribution >= 0.6 is 27.5 Å². The first-order valence-corrected chi connectivity index (χ1v) is 7.93. The van der Waals surface area contributed by atoms with Crippen molar-refractivity contribution in [2.45, 2.75) is 26.1 Å². The number of aromatic nitrogens is 3. The number of carboxylic acids is 1. The average Bonchev–Trinajstić information content (AvgIpc) is 2.88. The Balaban J connectivity index is 2.01. The molecule has 1 aliphatic heterocycles. The Morgan fingerprint density at radius 3 is 2.83 bits per heavy atom. The lowest BCUT2D eigenvalue weighted by molar-refractivity contribution is -0.143. The van der Waals surface area contributed by atoms with E-state index in [1.807, 2.05) is 0 Å². The molecular weight excluding hydrogens is 388 g/mol. The van der Waals surface area contributed by atoms with Crippen molar-refractivity contribution in [1.29, 1.82) is 0 Å². The minimum Gasteiger partial charge on any atom is -0.480 e. The van der Waals surface area contributed by atoms with Crippen LogP contribution in [0.2, 0.25) is 5.02 Å². The third kappa shape index (κ3) is 2.84. The van der Waals surface area contributed by atoms with Gasteiger partial charge in [-0.25, -0.2) is 4.79 Å². The molecule has 1 amide bonds. The van der Waals surface area contributed by atoms with Crippen LogP contribution in [-0.4, -0.2) is 42.7 Å². The number of aryl methyl sites for hydroxylation is 1. The first-order chi connectivity index (χ1) is 10.9. The maximum absolute atomic E-state index is 12.8. The Bertz CT molecular complexity index is 807. The molecule has 23 heavy (non-hydrogen) atoms. The molecule has 2 heterocycles. The van der Waals surface area contributed by atoms with E-state index in [0.717, 1.165) is 0 Å². The largest absolute Gasteiger partial charge is 0.480 e. The minimum absolute atomic E-state index is 0.0689. The molecule has 1 N–H and O–H groups in total. The standard InChI is InChI=1S/C14H12BrClN4O3/c1-7-17-18-12-6-20(11(14(22)23)5-19(7)12)13(21)9-4-8(15)2-3-10(9)16/h2-4,11H,5-6H2,1H3,(H,22,23). The van der Waals surface area contributed by atoms with Crippen LogP contribution in [0, 0.1) is 6.92 Å². The van der Waals surface area contributed by atoms with Crippen LogP contribution in [0.25, 0.3) is 0 Å². The second-order valence-electron chi connectivity index (χ2n) is 5.19. The summed E-state index contributed by atoms with van der Waals surface area (Å²) in [4.78, 5) is 25.7. The molecule has 0 radical (unpaired) electrons. The second-order valence-corrected chi connectivity index (χ2v) is 6.51. The van der Waals surface area contributed by atoms with Crippen molar-refractivity contribution in [2.24, 2.45) is 0 Å².